The fourth-order valence-electron chi connectivity index (χ4n) is 2.66. The highest BCUT2D eigenvalue weighted by Crippen LogP contribution is 2.21. The second kappa shape index (κ2) is 9.57. The van der Waals surface area contributed by atoms with Gasteiger partial charge >= 0.3 is 6.09 Å². The molecule has 0 aliphatic rings. The topological polar surface area (TPSA) is 128 Å². The Balaban J connectivity index is 2.24. The van der Waals surface area contributed by atoms with E-state index in [0.29, 0.717) is 16.3 Å². The van der Waals surface area contributed by atoms with Crippen LogP contribution in [0.5, 0.6) is 0 Å². The molecule has 0 radical (unpaired) electrons. The van der Waals surface area contributed by atoms with Gasteiger partial charge in [0.15, 0.2) is 0 Å². The predicted molar refractivity (Wildman–Crippen MR) is 119 cm³/mol. The molecule has 0 aliphatic carbocycles. The lowest BCUT2D eigenvalue weighted by Crippen LogP contribution is -2.47. The molecule has 4 N–H and O–H groups in total. The first-order chi connectivity index (χ1) is 14.3. The van der Waals surface area contributed by atoms with Crippen LogP contribution in [0.4, 0.5) is 10.5 Å². The molecule has 168 valence electrons. The number of nitrogens with one attached hydrogen (secondary N) is 2. The van der Waals surface area contributed by atoms with Gasteiger partial charge in [-0.2, -0.15) is 0 Å². The van der Waals surface area contributed by atoms with Crippen molar-refractivity contribution in [1.82, 2.24) is 5.32 Å². The maximum atomic E-state index is 12.8. The molecule has 0 aliphatic heterocycles. The Hall–Kier alpha value is -2.78. The van der Waals surface area contributed by atoms with Crippen LogP contribution >= 0.6 is 11.6 Å². The van der Waals surface area contributed by atoms with Crippen LogP contribution in [-0.4, -0.2) is 32.1 Å². The highest BCUT2D eigenvalue weighted by molar-refractivity contribution is 7.92. The molecule has 0 saturated heterocycles. The maximum Gasteiger partial charge on any atom is 0.408 e. The summed E-state index contributed by atoms with van der Waals surface area (Å²) in [5.41, 5.74) is 6.32. The molecule has 0 fully saturated rings. The van der Waals surface area contributed by atoms with Crippen molar-refractivity contribution in [3.63, 3.8) is 0 Å². The molecule has 31 heavy (non-hydrogen) atoms. The number of amides is 2. The van der Waals surface area contributed by atoms with Crippen molar-refractivity contribution in [3.8, 4) is 0 Å². The fourth-order valence-corrected chi connectivity index (χ4v) is 3.89. The first kappa shape index (κ1) is 24.5. The average Bonchev–Trinajstić information content (AvgIpc) is 2.62. The van der Waals surface area contributed by atoms with E-state index in [1.165, 1.54) is 12.1 Å². The highest BCUT2D eigenvalue weighted by atomic mass is 35.5. The minimum Gasteiger partial charge on any atom is -0.444 e. The molecular formula is C21H26ClN3O5S. The van der Waals surface area contributed by atoms with Gasteiger partial charge in [0.25, 0.3) is 10.0 Å². The standard InChI is InChI=1S/C21H26ClN3O5S/c1-13-5-10-17(31(28,29)25-16-8-6-15(22)7-9-16)11-14(13)12-18(19(23)26)24-20(27)30-21(2,3)4/h5-11,18,25H,12H2,1-4H3,(H2,23,26)(H,24,27)/t18-/m0/s1. The van der Waals surface area contributed by atoms with Crippen molar-refractivity contribution in [1.29, 1.82) is 0 Å². The van der Waals surface area contributed by atoms with Crippen LogP contribution in [0.15, 0.2) is 47.4 Å². The number of primary amides is 1. The molecule has 0 saturated carbocycles. The summed E-state index contributed by atoms with van der Waals surface area (Å²) in [6.07, 6.45) is -0.785. The Bertz CT molecular complexity index is 1060. The molecule has 2 aromatic rings. The lowest BCUT2D eigenvalue weighted by molar-refractivity contribution is -0.120. The number of carbonyl (C=O) groups excluding carboxylic acids is 2. The third-order valence-electron chi connectivity index (χ3n) is 4.19. The van der Waals surface area contributed by atoms with Gasteiger partial charge in [0.2, 0.25) is 5.91 Å². The SMILES string of the molecule is Cc1ccc(S(=O)(=O)Nc2ccc(Cl)cc2)cc1C[C@H](NC(=O)OC(C)(C)C)C(N)=O. The number of carbonyl (C=O) groups is 2. The van der Waals surface area contributed by atoms with Crippen molar-refractivity contribution in [2.45, 2.75) is 50.7 Å². The first-order valence-corrected chi connectivity index (χ1v) is 11.3. The minimum atomic E-state index is -3.89. The van der Waals surface area contributed by atoms with Gasteiger partial charge in [-0.25, -0.2) is 13.2 Å². The number of alkyl carbamates (subject to hydrolysis) is 1. The van der Waals surface area contributed by atoms with Gasteiger partial charge in [0, 0.05) is 17.1 Å². The van der Waals surface area contributed by atoms with Crippen molar-refractivity contribution >= 4 is 39.3 Å². The summed E-state index contributed by atoms with van der Waals surface area (Å²) in [5.74, 6) is -0.766. The Labute approximate surface area is 187 Å². The number of sulfonamides is 1. The molecule has 2 rings (SSSR count). The Morgan fingerprint density at radius 2 is 1.74 bits per heavy atom. The van der Waals surface area contributed by atoms with Crippen molar-refractivity contribution in [2.75, 3.05) is 4.72 Å². The number of hydrogen-bond acceptors (Lipinski definition) is 5. The van der Waals surface area contributed by atoms with Gasteiger partial charge in [-0.05, 0) is 75.2 Å². The van der Waals surface area contributed by atoms with E-state index in [-0.39, 0.29) is 11.3 Å². The number of halogens is 1. The number of ether oxygens (including phenoxy) is 1. The maximum absolute atomic E-state index is 12.8. The van der Waals surface area contributed by atoms with E-state index in [1.54, 1.807) is 58.0 Å². The number of hydrogen-bond donors (Lipinski definition) is 3. The largest absolute Gasteiger partial charge is 0.444 e. The minimum absolute atomic E-state index is 0.00328. The van der Waals surface area contributed by atoms with Crippen molar-refractivity contribution in [2.24, 2.45) is 5.73 Å². The van der Waals surface area contributed by atoms with Crippen LogP contribution in [0.1, 0.15) is 31.9 Å². The monoisotopic (exact) mass is 467 g/mol. The van der Waals surface area contributed by atoms with Crippen LogP contribution in [0, 0.1) is 6.92 Å². The molecule has 2 aromatic carbocycles. The van der Waals surface area contributed by atoms with Gasteiger partial charge in [-0.3, -0.25) is 9.52 Å². The summed E-state index contributed by atoms with van der Waals surface area (Å²) < 4.78 is 33.2. The van der Waals surface area contributed by atoms with Crippen LogP contribution in [0.2, 0.25) is 5.02 Å². The highest BCUT2D eigenvalue weighted by Gasteiger charge is 2.24. The Kier molecular flexibility index (Phi) is 7.56. The van der Waals surface area contributed by atoms with Crippen LogP contribution in [-0.2, 0) is 26.0 Å². The molecule has 1 atom stereocenters. The van der Waals surface area contributed by atoms with E-state index < -0.39 is 33.7 Å². The zero-order valence-electron chi connectivity index (χ0n) is 17.7. The number of benzene rings is 2. The predicted octanol–water partition coefficient (Wildman–Crippen LogP) is 3.37. The zero-order valence-corrected chi connectivity index (χ0v) is 19.3. The molecular weight excluding hydrogens is 442 g/mol. The smallest absolute Gasteiger partial charge is 0.408 e. The van der Waals surface area contributed by atoms with E-state index in [0.717, 1.165) is 5.56 Å². The molecule has 8 nitrogen and oxygen atoms in total. The Morgan fingerprint density at radius 3 is 2.29 bits per heavy atom. The van der Waals surface area contributed by atoms with Gasteiger partial charge in [-0.15, -0.1) is 0 Å². The summed E-state index contributed by atoms with van der Waals surface area (Å²) in [7, 11) is -3.89. The number of anilines is 1. The first-order valence-electron chi connectivity index (χ1n) is 9.43. The van der Waals surface area contributed by atoms with E-state index in [4.69, 9.17) is 22.1 Å². The molecule has 0 spiro atoms. The second-order valence-electron chi connectivity index (χ2n) is 8.01. The van der Waals surface area contributed by atoms with Crippen LogP contribution < -0.4 is 15.8 Å². The molecule has 10 heteroatoms. The molecule has 0 aromatic heterocycles. The number of rotatable bonds is 7. The lowest BCUT2D eigenvalue weighted by atomic mass is 10.0. The second-order valence-corrected chi connectivity index (χ2v) is 10.1. The van der Waals surface area contributed by atoms with E-state index in [2.05, 4.69) is 10.0 Å². The zero-order chi connectivity index (χ0) is 23.4. The summed E-state index contributed by atoms with van der Waals surface area (Å²) in [6.45, 7) is 6.85. The lowest BCUT2D eigenvalue weighted by Gasteiger charge is -2.23. The molecule has 0 heterocycles. The summed E-state index contributed by atoms with van der Waals surface area (Å²) in [6, 6.07) is 9.68. The number of nitrogens with two attached hydrogens (primary N) is 1. The van der Waals surface area contributed by atoms with Gasteiger partial charge in [-0.1, -0.05) is 17.7 Å². The van der Waals surface area contributed by atoms with Gasteiger partial charge < -0.3 is 15.8 Å². The summed E-state index contributed by atoms with van der Waals surface area (Å²) in [5, 5.41) is 2.92. The van der Waals surface area contributed by atoms with Crippen molar-refractivity contribution < 1.29 is 22.7 Å². The van der Waals surface area contributed by atoms with Crippen LogP contribution in [0.3, 0.4) is 0 Å². The molecule has 0 unspecified atom stereocenters. The molecule has 2 amide bonds. The third kappa shape index (κ3) is 7.45. The third-order valence-corrected chi connectivity index (χ3v) is 5.82. The summed E-state index contributed by atoms with van der Waals surface area (Å²) >= 11 is 5.83. The van der Waals surface area contributed by atoms with E-state index >= 15 is 0 Å². The summed E-state index contributed by atoms with van der Waals surface area (Å²) in [4.78, 5) is 23.9. The Morgan fingerprint density at radius 1 is 1.13 bits per heavy atom. The average molecular weight is 468 g/mol. The van der Waals surface area contributed by atoms with Gasteiger partial charge in [0.1, 0.15) is 11.6 Å². The normalized spacial score (nSPS) is 12.7. The van der Waals surface area contributed by atoms with E-state index in [9.17, 15) is 18.0 Å². The quantitative estimate of drug-likeness (QED) is 0.575. The van der Waals surface area contributed by atoms with E-state index in [1.807, 2.05) is 0 Å². The van der Waals surface area contributed by atoms with Crippen LogP contribution in [0.25, 0.3) is 0 Å². The number of aryl methyl sites for hydroxylation is 1. The molecule has 0 bridgehead atoms. The van der Waals surface area contributed by atoms with Crippen molar-refractivity contribution in [3.05, 3.63) is 58.6 Å². The fraction of sp³-hybridized carbons (Fsp3) is 0.333. The van der Waals surface area contributed by atoms with Gasteiger partial charge in [0.05, 0.1) is 4.90 Å².